The van der Waals surface area contributed by atoms with E-state index in [0.29, 0.717) is 36.3 Å². The number of carbonyl (C=O) groups is 1. The first-order valence-corrected chi connectivity index (χ1v) is 7.64. The van der Waals surface area contributed by atoms with E-state index in [1.807, 2.05) is 17.0 Å². The number of benzene rings is 1. The fourth-order valence-electron chi connectivity index (χ4n) is 1.86. The first kappa shape index (κ1) is 17.7. The minimum Gasteiger partial charge on any atom is -0.495 e. The van der Waals surface area contributed by atoms with Gasteiger partial charge in [-0.15, -0.1) is 23.2 Å². The largest absolute Gasteiger partial charge is 0.495 e. The number of carboxylic acids is 1. The summed E-state index contributed by atoms with van der Waals surface area (Å²) in [7, 11) is 1.54. The lowest BCUT2D eigenvalue weighted by Gasteiger charge is -2.24. The standard InChI is InChI=1S/C14H20Cl2N2O3/c1-10(14(19)20)17-12-4-3-11(9-13(12)21-2)18(7-5-15)8-6-16/h3-4,9-10,17H,5-8H2,1-2H3,(H,19,20). The van der Waals surface area contributed by atoms with Crippen LogP contribution in [0, 0.1) is 0 Å². The average molecular weight is 335 g/mol. The van der Waals surface area contributed by atoms with Crippen molar-refractivity contribution in [2.45, 2.75) is 13.0 Å². The normalized spacial score (nSPS) is 11.8. The van der Waals surface area contributed by atoms with Crippen LogP contribution in [0.5, 0.6) is 5.75 Å². The molecule has 1 rings (SSSR count). The van der Waals surface area contributed by atoms with E-state index in [1.165, 1.54) is 0 Å². The minimum atomic E-state index is -0.924. The minimum absolute atomic E-state index is 0.495. The number of aliphatic carboxylic acids is 1. The van der Waals surface area contributed by atoms with Crippen LogP contribution in [0.3, 0.4) is 0 Å². The predicted octanol–water partition coefficient (Wildman–Crippen LogP) is 2.86. The van der Waals surface area contributed by atoms with Crippen LogP contribution in [0.25, 0.3) is 0 Å². The van der Waals surface area contributed by atoms with E-state index in [2.05, 4.69) is 5.32 Å². The van der Waals surface area contributed by atoms with E-state index in [-0.39, 0.29) is 0 Å². The first-order valence-electron chi connectivity index (χ1n) is 6.57. The first-order chi connectivity index (χ1) is 10.0. The van der Waals surface area contributed by atoms with Gasteiger partial charge in [-0.3, -0.25) is 4.79 Å². The second kappa shape index (κ2) is 8.85. The Morgan fingerprint density at radius 2 is 2.00 bits per heavy atom. The summed E-state index contributed by atoms with van der Waals surface area (Å²) in [4.78, 5) is 13.0. The van der Waals surface area contributed by atoms with Gasteiger partial charge in [0.05, 0.1) is 12.8 Å². The van der Waals surface area contributed by atoms with E-state index < -0.39 is 12.0 Å². The summed E-state index contributed by atoms with van der Waals surface area (Å²) in [6, 6.07) is 4.82. The van der Waals surface area contributed by atoms with Crippen LogP contribution in [0.15, 0.2) is 18.2 Å². The van der Waals surface area contributed by atoms with Crippen LogP contribution >= 0.6 is 23.2 Å². The van der Waals surface area contributed by atoms with Crippen molar-refractivity contribution in [1.82, 2.24) is 0 Å². The number of hydrogen-bond donors (Lipinski definition) is 2. The van der Waals surface area contributed by atoms with Gasteiger partial charge in [0.25, 0.3) is 0 Å². The molecule has 2 N–H and O–H groups in total. The molecule has 0 saturated carbocycles. The summed E-state index contributed by atoms with van der Waals surface area (Å²) in [5.41, 5.74) is 1.56. The molecule has 1 aromatic carbocycles. The lowest BCUT2D eigenvalue weighted by molar-refractivity contribution is -0.137. The second-order valence-electron chi connectivity index (χ2n) is 4.45. The third-order valence-corrected chi connectivity index (χ3v) is 3.34. The van der Waals surface area contributed by atoms with Crippen molar-refractivity contribution >= 4 is 40.5 Å². The van der Waals surface area contributed by atoms with Crippen molar-refractivity contribution in [2.24, 2.45) is 0 Å². The van der Waals surface area contributed by atoms with Crippen LogP contribution in [-0.2, 0) is 4.79 Å². The Labute approximate surface area is 134 Å². The van der Waals surface area contributed by atoms with Gasteiger partial charge < -0.3 is 20.1 Å². The van der Waals surface area contributed by atoms with Gasteiger partial charge in [0, 0.05) is 36.6 Å². The fraction of sp³-hybridized carbons (Fsp3) is 0.500. The summed E-state index contributed by atoms with van der Waals surface area (Å²) in [5, 5.41) is 11.8. The number of hydrogen-bond acceptors (Lipinski definition) is 4. The molecule has 0 heterocycles. The number of nitrogens with one attached hydrogen (secondary N) is 1. The van der Waals surface area contributed by atoms with Gasteiger partial charge >= 0.3 is 5.97 Å². The average Bonchev–Trinajstić information content (AvgIpc) is 2.47. The second-order valence-corrected chi connectivity index (χ2v) is 5.21. The molecule has 1 unspecified atom stereocenters. The van der Waals surface area contributed by atoms with Crippen molar-refractivity contribution in [2.75, 3.05) is 42.2 Å². The number of nitrogens with zero attached hydrogens (tertiary/aromatic N) is 1. The topological polar surface area (TPSA) is 61.8 Å². The molecular formula is C14H20Cl2N2O3. The summed E-state index contributed by atoms with van der Waals surface area (Å²) >= 11 is 11.6. The van der Waals surface area contributed by atoms with Crippen molar-refractivity contribution < 1.29 is 14.6 Å². The van der Waals surface area contributed by atoms with Crippen LogP contribution in [0.2, 0.25) is 0 Å². The summed E-state index contributed by atoms with van der Waals surface area (Å²) in [6.07, 6.45) is 0. The van der Waals surface area contributed by atoms with Crippen LogP contribution < -0.4 is 15.0 Å². The van der Waals surface area contributed by atoms with Crippen LogP contribution in [0.1, 0.15) is 6.92 Å². The van der Waals surface area contributed by atoms with Gasteiger partial charge in [-0.1, -0.05) is 0 Å². The van der Waals surface area contributed by atoms with Gasteiger partial charge in [-0.2, -0.15) is 0 Å². The number of anilines is 2. The molecule has 5 nitrogen and oxygen atoms in total. The number of carboxylic acid groups (broad SMARTS) is 1. The van der Waals surface area contributed by atoms with Gasteiger partial charge in [-0.05, 0) is 19.1 Å². The highest BCUT2D eigenvalue weighted by atomic mass is 35.5. The van der Waals surface area contributed by atoms with Crippen LogP contribution in [0.4, 0.5) is 11.4 Å². The summed E-state index contributed by atoms with van der Waals surface area (Å²) in [6.45, 7) is 2.93. The highest BCUT2D eigenvalue weighted by Gasteiger charge is 2.14. The molecule has 0 aliphatic heterocycles. The van der Waals surface area contributed by atoms with Gasteiger partial charge in [-0.25, -0.2) is 0 Å². The Balaban J connectivity index is 2.98. The van der Waals surface area contributed by atoms with E-state index in [1.54, 1.807) is 20.1 Å². The van der Waals surface area contributed by atoms with Gasteiger partial charge in [0.15, 0.2) is 0 Å². The van der Waals surface area contributed by atoms with Crippen LogP contribution in [-0.4, -0.2) is 49.1 Å². The maximum atomic E-state index is 10.9. The predicted molar refractivity (Wildman–Crippen MR) is 87.4 cm³/mol. The van der Waals surface area contributed by atoms with Crippen molar-refractivity contribution in [3.63, 3.8) is 0 Å². The molecule has 0 aliphatic rings. The highest BCUT2D eigenvalue weighted by molar-refractivity contribution is 6.18. The number of ether oxygens (including phenoxy) is 1. The van der Waals surface area contributed by atoms with Crippen molar-refractivity contribution in [3.05, 3.63) is 18.2 Å². The molecular weight excluding hydrogens is 315 g/mol. The molecule has 0 fully saturated rings. The molecule has 0 aromatic heterocycles. The third-order valence-electron chi connectivity index (χ3n) is 3.00. The molecule has 21 heavy (non-hydrogen) atoms. The third kappa shape index (κ3) is 5.17. The Hall–Kier alpha value is -1.33. The zero-order valence-corrected chi connectivity index (χ0v) is 13.6. The molecule has 0 aliphatic carbocycles. The Bertz CT molecular complexity index is 466. The molecule has 118 valence electrons. The van der Waals surface area contributed by atoms with Crippen molar-refractivity contribution in [1.29, 1.82) is 0 Å². The van der Waals surface area contributed by atoms with E-state index in [4.69, 9.17) is 33.0 Å². The highest BCUT2D eigenvalue weighted by Crippen LogP contribution is 2.30. The number of halogens is 2. The zero-order chi connectivity index (χ0) is 15.8. The molecule has 0 amide bonds. The zero-order valence-electron chi connectivity index (χ0n) is 12.1. The SMILES string of the molecule is COc1cc(N(CCCl)CCCl)ccc1NC(C)C(=O)O. The molecule has 0 bridgehead atoms. The fourth-order valence-corrected chi connectivity index (χ4v) is 2.27. The number of rotatable bonds is 9. The summed E-state index contributed by atoms with van der Waals surface area (Å²) in [5.74, 6) is 0.645. The smallest absolute Gasteiger partial charge is 0.325 e. The molecule has 7 heteroatoms. The summed E-state index contributed by atoms with van der Waals surface area (Å²) < 4.78 is 5.32. The Morgan fingerprint density at radius 3 is 2.48 bits per heavy atom. The molecule has 0 saturated heterocycles. The van der Waals surface area contributed by atoms with Gasteiger partial charge in [0.1, 0.15) is 11.8 Å². The maximum absolute atomic E-state index is 10.9. The number of methoxy groups -OCH3 is 1. The van der Waals surface area contributed by atoms with E-state index in [9.17, 15) is 4.79 Å². The Morgan fingerprint density at radius 1 is 1.38 bits per heavy atom. The lowest BCUT2D eigenvalue weighted by Crippen LogP contribution is -2.28. The molecule has 1 aromatic rings. The van der Waals surface area contributed by atoms with E-state index in [0.717, 1.165) is 5.69 Å². The van der Waals surface area contributed by atoms with E-state index >= 15 is 0 Å². The molecule has 0 radical (unpaired) electrons. The van der Waals surface area contributed by atoms with Crippen molar-refractivity contribution in [3.8, 4) is 5.75 Å². The van der Waals surface area contributed by atoms with Gasteiger partial charge in [0.2, 0.25) is 0 Å². The lowest BCUT2D eigenvalue weighted by atomic mass is 10.2. The maximum Gasteiger partial charge on any atom is 0.325 e. The monoisotopic (exact) mass is 334 g/mol. The molecule has 0 spiro atoms. The quantitative estimate of drug-likeness (QED) is 0.680. The molecule has 1 atom stereocenters. The number of alkyl halides is 2. The Kier molecular flexibility index (Phi) is 7.47.